The van der Waals surface area contributed by atoms with Crippen LogP contribution in [0.5, 0.6) is 0 Å². The summed E-state index contributed by atoms with van der Waals surface area (Å²) in [4.78, 5) is 20.7. The standard InChI is InChI=1S/C17H22FN5OS/c1-12-15(25-11-23-12)16(24)20-9-10-22-17(19-2)21-8-7-13-5-3-4-6-14(13)18/h3-6,11H,7-10H2,1-2H3,(H,20,24)(H2,19,21,22). The van der Waals surface area contributed by atoms with Gasteiger partial charge in [0.25, 0.3) is 5.91 Å². The molecule has 0 fully saturated rings. The Bertz CT molecular complexity index is 731. The number of guanidine groups is 1. The highest BCUT2D eigenvalue weighted by molar-refractivity contribution is 7.11. The minimum Gasteiger partial charge on any atom is -0.356 e. The highest BCUT2D eigenvalue weighted by Crippen LogP contribution is 2.11. The number of carbonyl (C=O) groups excluding carboxylic acids is 1. The van der Waals surface area contributed by atoms with E-state index >= 15 is 0 Å². The minimum atomic E-state index is -0.201. The van der Waals surface area contributed by atoms with Gasteiger partial charge in [0.2, 0.25) is 0 Å². The Morgan fingerprint density at radius 3 is 2.60 bits per heavy atom. The molecule has 8 heteroatoms. The summed E-state index contributed by atoms with van der Waals surface area (Å²) in [6.07, 6.45) is 0.564. The van der Waals surface area contributed by atoms with Crippen LogP contribution in [0.3, 0.4) is 0 Å². The molecule has 0 atom stereocenters. The van der Waals surface area contributed by atoms with Gasteiger partial charge in [-0.05, 0) is 25.0 Å². The molecule has 0 aliphatic rings. The van der Waals surface area contributed by atoms with Crippen molar-refractivity contribution in [2.45, 2.75) is 13.3 Å². The number of carbonyl (C=O) groups is 1. The van der Waals surface area contributed by atoms with Gasteiger partial charge in [-0.15, -0.1) is 11.3 Å². The number of benzene rings is 1. The molecule has 25 heavy (non-hydrogen) atoms. The van der Waals surface area contributed by atoms with E-state index in [2.05, 4.69) is 25.9 Å². The fraction of sp³-hybridized carbons (Fsp3) is 0.353. The molecule has 3 N–H and O–H groups in total. The van der Waals surface area contributed by atoms with Crippen molar-refractivity contribution >= 4 is 23.2 Å². The topological polar surface area (TPSA) is 78.4 Å². The Labute approximate surface area is 150 Å². The third kappa shape index (κ3) is 5.82. The summed E-state index contributed by atoms with van der Waals surface area (Å²) in [6, 6.07) is 6.72. The van der Waals surface area contributed by atoms with Crippen molar-refractivity contribution in [2.75, 3.05) is 26.7 Å². The molecule has 1 aromatic heterocycles. The molecule has 0 saturated carbocycles. The quantitative estimate of drug-likeness (QED) is 0.398. The van der Waals surface area contributed by atoms with Gasteiger partial charge in [0.15, 0.2) is 5.96 Å². The van der Waals surface area contributed by atoms with Crippen LogP contribution in [0.25, 0.3) is 0 Å². The van der Waals surface area contributed by atoms with E-state index in [0.29, 0.717) is 42.5 Å². The van der Waals surface area contributed by atoms with Gasteiger partial charge in [0.1, 0.15) is 10.7 Å². The van der Waals surface area contributed by atoms with E-state index in [1.165, 1.54) is 17.4 Å². The molecular weight excluding hydrogens is 341 g/mol. The number of aliphatic imine (C=N–C) groups is 1. The van der Waals surface area contributed by atoms with Gasteiger partial charge < -0.3 is 16.0 Å². The van der Waals surface area contributed by atoms with Gasteiger partial charge in [-0.2, -0.15) is 0 Å². The molecule has 0 aliphatic heterocycles. The van der Waals surface area contributed by atoms with E-state index in [-0.39, 0.29) is 11.7 Å². The van der Waals surface area contributed by atoms with E-state index in [9.17, 15) is 9.18 Å². The largest absolute Gasteiger partial charge is 0.356 e. The zero-order valence-corrected chi connectivity index (χ0v) is 15.1. The lowest BCUT2D eigenvalue weighted by molar-refractivity contribution is 0.0957. The number of halogens is 1. The summed E-state index contributed by atoms with van der Waals surface area (Å²) >= 11 is 1.33. The molecule has 134 valence electrons. The summed E-state index contributed by atoms with van der Waals surface area (Å²) in [6.45, 7) is 3.37. The van der Waals surface area contributed by atoms with Crippen LogP contribution in [0.15, 0.2) is 34.8 Å². The normalized spacial score (nSPS) is 11.2. The Hall–Kier alpha value is -2.48. The fourth-order valence-electron chi connectivity index (χ4n) is 2.19. The van der Waals surface area contributed by atoms with Gasteiger partial charge in [-0.1, -0.05) is 18.2 Å². The smallest absolute Gasteiger partial charge is 0.263 e. The lowest BCUT2D eigenvalue weighted by Crippen LogP contribution is -2.42. The van der Waals surface area contributed by atoms with Gasteiger partial charge in [-0.25, -0.2) is 9.37 Å². The predicted octanol–water partition coefficient (Wildman–Crippen LogP) is 1.73. The van der Waals surface area contributed by atoms with E-state index in [1.54, 1.807) is 24.7 Å². The first-order valence-electron chi connectivity index (χ1n) is 7.98. The molecule has 0 aliphatic carbocycles. The molecule has 0 spiro atoms. The van der Waals surface area contributed by atoms with Crippen LogP contribution in [-0.4, -0.2) is 43.5 Å². The minimum absolute atomic E-state index is 0.121. The molecule has 1 aromatic carbocycles. The number of nitrogens with one attached hydrogen (secondary N) is 3. The van der Waals surface area contributed by atoms with Gasteiger partial charge >= 0.3 is 0 Å². The SMILES string of the molecule is CN=C(NCCNC(=O)c1scnc1C)NCCc1ccccc1F. The zero-order valence-electron chi connectivity index (χ0n) is 14.3. The monoisotopic (exact) mass is 363 g/mol. The Morgan fingerprint density at radius 1 is 1.20 bits per heavy atom. The van der Waals surface area contributed by atoms with Crippen LogP contribution in [0.4, 0.5) is 4.39 Å². The zero-order chi connectivity index (χ0) is 18.1. The molecule has 6 nitrogen and oxygen atoms in total. The predicted molar refractivity (Wildman–Crippen MR) is 98.7 cm³/mol. The van der Waals surface area contributed by atoms with Gasteiger partial charge in [0, 0.05) is 26.7 Å². The second kappa shape index (κ2) is 9.73. The van der Waals surface area contributed by atoms with Crippen LogP contribution >= 0.6 is 11.3 Å². The maximum atomic E-state index is 13.5. The third-order valence-electron chi connectivity index (χ3n) is 3.52. The summed E-state index contributed by atoms with van der Waals surface area (Å²) in [5.41, 5.74) is 3.06. The first-order chi connectivity index (χ1) is 12.1. The van der Waals surface area contributed by atoms with E-state index in [1.807, 2.05) is 13.0 Å². The number of amides is 1. The second-order valence-corrected chi connectivity index (χ2v) is 6.14. The fourth-order valence-corrected chi connectivity index (χ4v) is 2.91. The van der Waals surface area contributed by atoms with E-state index in [0.717, 1.165) is 5.69 Å². The molecule has 0 bridgehead atoms. The van der Waals surface area contributed by atoms with Crippen molar-refractivity contribution in [2.24, 2.45) is 4.99 Å². The van der Waals surface area contributed by atoms with Crippen molar-refractivity contribution in [3.8, 4) is 0 Å². The Balaban J connectivity index is 1.66. The van der Waals surface area contributed by atoms with Crippen molar-refractivity contribution in [1.82, 2.24) is 20.9 Å². The molecule has 1 heterocycles. The molecule has 0 radical (unpaired) electrons. The molecular formula is C17H22FN5OS. The Morgan fingerprint density at radius 2 is 1.92 bits per heavy atom. The van der Waals surface area contributed by atoms with Crippen LogP contribution in [0, 0.1) is 12.7 Å². The molecule has 2 rings (SSSR count). The average molecular weight is 363 g/mol. The maximum Gasteiger partial charge on any atom is 0.263 e. The first kappa shape index (κ1) is 18.9. The summed E-state index contributed by atoms with van der Waals surface area (Å²) in [7, 11) is 1.66. The number of nitrogens with zero attached hydrogens (tertiary/aromatic N) is 2. The lowest BCUT2D eigenvalue weighted by Gasteiger charge is -2.12. The van der Waals surface area contributed by atoms with Crippen molar-refractivity contribution in [3.63, 3.8) is 0 Å². The number of rotatable bonds is 7. The first-order valence-corrected chi connectivity index (χ1v) is 8.86. The van der Waals surface area contributed by atoms with Crippen LogP contribution in [0.1, 0.15) is 20.9 Å². The summed E-state index contributed by atoms with van der Waals surface area (Å²) in [5.74, 6) is 0.289. The molecule has 0 saturated heterocycles. The number of hydrogen-bond acceptors (Lipinski definition) is 4. The van der Waals surface area contributed by atoms with E-state index in [4.69, 9.17) is 0 Å². The van der Waals surface area contributed by atoms with Gasteiger partial charge in [0.05, 0.1) is 11.2 Å². The summed E-state index contributed by atoms with van der Waals surface area (Å²) in [5, 5.41) is 9.06. The molecule has 2 aromatic rings. The highest BCUT2D eigenvalue weighted by atomic mass is 32.1. The van der Waals surface area contributed by atoms with Crippen LogP contribution in [-0.2, 0) is 6.42 Å². The van der Waals surface area contributed by atoms with E-state index < -0.39 is 0 Å². The van der Waals surface area contributed by atoms with Crippen molar-refractivity contribution < 1.29 is 9.18 Å². The Kier molecular flexibility index (Phi) is 7.34. The van der Waals surface area contributed by atoms with Crippen LogP contribution in [0.2, 0.25) is 0 Å². The number of aryl methyl sites for hydroxylation is 1. The average Bonchev–Trinajstić information content (AvgIpc) is 3.04. The third-order valence-corrected chi connectivity index (χ3v) is 4.45. The highest BCUT2D eigenvalue weighted by Gasteiger charge is 2.10. The molecule has 0 unspecified atom stereocenters. The van der Waals surface area contributed by atoms with Crippen molar-refractivity contribution in [3.05, 3.63) is 51.7 Å². The lowest BCUT2D eigenvalue weighted by atomic mass is 10.1. The number of thiazole rings is 1. The second-order valence-electron chi connectivity index (χ2n) is 5.29. The molecule has 1 amide bonds. The summed E-state index contributed by atoms with van der Waals surface area (Å²) < 4.78 is 13.5. The number of hydrogen-bond donors (Lipinski definition) is 3. The van der Waals surface area contributed by atoms with Gasteiger partial charge in [-0.3, -0.25) is 9.79 Å². The van der Waals surface area contributed by atoms with Crippen molar-refractivity contribution in [1.29, 1.82) is 0 Å². The number of aromatic nitrogens is 1. The maximum absolute atomic E-state index is 13.5. The van der Waals surface area contributed by atoms with Crippen LogP contribution < -0.4 is 16.0 Å².